The number of amides is 1. The van der Waals surface area contributed by atoms with Crippen molar-refractivity contribution in [3.05, 3.63) is 21.9 Å². The first kappa shape index (κ1) is 13.6. The van der Waals surface area contributed by atoms with Gasteiger partial charge in [0.15, 0.2) is 0 Å². The Morgan fingerprint density at radius 2 is 2.44 bits per heavy atom. The molecule has 0 saturated heterocycles. The van der Waals surface area contributed by atoms with E-state index >= 15 is 0 Å². The summed E-state index contributed by atoms with van der Waals surface area (Å²) in [5, 5.41) is 5.23. The molecule has 0 bridgehead atoms. The summed E-state index contributed by atoms with van der Waals surface area (Å²) in [6.45, 7) is 4.09. The summed E-state index contributed by atoms with van der Waals surface area (Å²) in [6, 6.07) is 1.92. The van der Waals surface area contributed by atoms with Crippen molar-refractivity contribution in [2.75, 3.05) is 0 Å². The molecule has 1 aliphatic carbocycles. The van der Waals surface area contributed by atoms with Crippen LogP contribution in [-0.2, 0) is 11.2 Å². The lowest BCUT2D eigenvalue weighted by Crippen LogP contribution is -2.46. The van der Waals surface area contributed by atoms with Gasteiger partial charge in [-0.05, 0) is 42.2 Å². The van der Waals surface area contributed by atoms with Crippen LogP contribution in [-0.4, -0.2) is 11.9 Å². The van der Waals surface area contributed by atoms with Crippen molar-refractivity contribution >= 4 is 17.2 Å². The zero-order valence-electron chi connectivity index (χ0n) is 11.1. The van der Waals surface area contributed by atoms with E-state index in [1.54, 1.807) is 11.3 Å². The molecule has 0 saturated carbocycles. The third kappa shape index (κ3) is 2.75. The summed E-state index contributed by atoms with van der Waals surface area (Å²) in [7, 11) is 0. The Balaban J connectivity index is 2.01. The molecule has 3 N–H and O–H groups in total. The molecule has 0 radical (unpaired) electrons. The van der Waals surface area contributed by atoms with Crippen molar-refractivity contribution in [3.63, 3.8) is 0 Å². The molecule has 0 fully saturated rings. The average molecular weight is 266 g/mol. The highest BCUT2D eigenvalue weighted by molar-refractivity contribution is 7.10. The van der Waals surface area contributed by atoms with Crippen molar-refractivity contribution in [3.8, 4) is 0 Å². The first-order chi connectivity index (χ1) is 8.63. The molecule has 0 aliphatic heterocycles. The third-order valence-corrected chi connectivity index (χ3v) is 4.92. The number of fused-ring (bicyclic) bond motifs is 1. The molecule has 0 spiro atoms. The van der Waals surface area contributed by atoms with Crippen LogP contribution in [0.4, 0.5) is 0 Å². The largest absolute Gasteiger partial charge is 0.348 e. The van der Waals surface area contributed by atoms with E-state index in [2.05, 4.69) is 23.7 Å². The van der Waals surface area contributed by atoms with Gasteiger partial charge in [0.25, 0.3) is 0 Å². The second-order valence-electron chi connectivity index (χ2n) is 5.16. The Kier molecular flexibility index (Phi) is 4.40. The predicted molar refractivity (Wildman–Crippen MR) is 75.6 cm³/mol. The van der Waals surface area contributed by atoms with Gasteiger partial charge in [-0.2, -0.15) is 0 Å². The summed E-state index contributed by atoms with van der Waals surface area (Å²) >= 11 is 1.79. The monoisotopic (exact) mass is 266 g/mol. The Morgan fingerprint density at radius 1 is 1.67 bits per heavy atom. The molecular weight excluding hydrogens is 244 g/mol. The zero-order chi connectivity index (χ0) is 13.1. The third-order valence-electron chi connectivity index (χ3n) is 3.93. The van der Waals surface area contributed by atoms with Gasteiger partial charge in [-0.15, -0.1) is 11.3 Å². The molecule has 100 valence electrons. The van der Waals surface area contributed by atoms with E-state index in [0.717, 1.165) is 25.7 Å². The number of hydrogen-bond acceptors (Lipinski definition) is 3. The Labute approximate surface area is 113 Å². The molecule has 2 rings (SSSR count). The fourth-order valence-electron chi connectivity index (χ4n) is 2.42. The van der Waals surface area contributed by atoms with E-state index in [1.807, 2.05) is 6.92 Å². The molecule has 4 heteroatoms. The summed E-state index contributed by atoms with van der Waals surface area (Å²) in [4.78, 5) is 13.5. The number of aryl methyl sites for hydroxylation is 1. The topological polar surface area (TPSA) is 55.1 Å². The van der Waals surface area contributed by atoms with Crippen LogP contribution >= 0.6 is 11.3 Å². The maximum Gasteiger partial charge on any atom is 0.237 e. The van der Waals surface area contributed by atoms with E-state index in [1.165, 1.54) is 10.4 Å². The molecule has 18 heavy (non-hydrogen) atoms. The van der Waals surface area contributed by atoms with Gasteiger partial charge in [0, 0.05) is 4.88 Å². The maximum atomic E-state index is 12.1. The second kappa shape index (κ2) is 5.85. The summed E-state index contributed by atoms with van der Waals surface area (Å²) in [5.74, 6) is 0.226. The van der Waals surface area contributed by atoms with Gasteiger partial charge < -0.3 is 11.1 Å². The van der Waals surface area contributed by atoms with Crippen LogP contribution in [0, 0.1) is 5.92 Å². The SMILES string of the molecule is CCC(C)[C@H](N)C(=O)NC1CCCc2sccc21. The van der Waals surface area contributed by atoms with Gasteiger partial charge in [0.05, 0.1) is 12.1 Å². The first-order valence-electron chi connectivity index (χ1n) is 6.75. The number of nitrogens with two attached hydrogens (primary N) is 1. The Hall–Kier alpha value is -0.870. The van der Waals surface area contributed by atoms with Crippen LogP contribution in [0.15, 0.2) is 11.4 Å². The number of nitrogens with one attached hydrogen (secondary N) is 1. The molecule has 1 amide bonds. The number of carbonyl (C=O) groups is 1. The minimum atomic E-state index is -0.390. The van der Waals surface area contributed by atoms with Gasteiger partial charge in [0.1, 0.15) is 0 Å². The fraction of sp³-hybridized carbons (Fsp3) is 0.643. The lowest BCUT2D eigenvalue weighted by molar-refractivity contribution is -0.124. The quantitative estimate of drug-likeness (QED) is 0.880. The smallest absolute Gasteiger partial charge is 0.237 e. The molecule has 0 aromatic carbocycles. The highest BCUT2D eigenvalue weighted by atomic mass is 32.1. The molecule has 3 nitrogen and oxygen atoms in total. The fourth-order valence-corrected chi connectivity index (χ4v) is 3.40. The predicted octanol–water partition coefficient (Wildman–Crippen LogP) is 2.62. The highest BCUT2D eigenvalue weighted by Gasteiger charge is 2.26. The summed E-state index contributed by atoms with van der Waals surface area (Å²) in [6.07, 6.45) is 4.26. The van der Waals surface area contributed by atoms with Crippen LogP contribution in [0.2, 0.25) is 0 Å². The van der Waals surface area contributed by atoms with Crippen molar-refractivity contribution in [1.82, 2.24) is 5.32 Å². The van der Waals surface area contributed by atoms with E-state index in [0.29, 0.717) is 0 Å². The number of carbonyl (C=O) groups excluding carboxylic acids is 1. The number of hydrogen-bond donors (Lipinski definition) is 2. The minimum absolute atomic E-state index is 0.00611. The molecule has 1 heterocycles. The van der Waals surface area contributed by atoms with E-state index in [-0.39, 0.29) is 23.9 Å². The van der Waals surface area contributed by atoms with Crippen LogP contribution in [0.1, 0.15) is 49.6 Å². The van der Waals surface area contributed by atoms with Crippen molar-refractivity contribution in [2.24, 2.45) is 11.7 Å². The number of rotatable bonds is 4. The van der Waals surface area contributed by atoms with Crippen molar-refractivity contribution in [2.45, 2.75) is 51.6 Å². The van der Waals surface area contributed by atoms with Crippen LogP contribution in [0.5, 0.6) is 0 Å². The molecule has 2 unspecified atom stereocenters. The van der Waals surface area contributed by atoms with E-state index in [4.69, 9.17) is 5.73 Å². The first-order valence-corrected chi connectivity index (χ1v) is 7.63. The van der Waals surface area contributed by atoms with Crippen LogP contribution in [0.3, 0.4) is 0 Å². The molecular formula is C14H22N2OS. The van der Waals surface area contributed by atoms with Gasteiger partial charge in [-0.25, -0.2) is 0 Å². The maximum absolute atomic E-state index is 12.1. The van der Waals surface area contributed by atoms with Gasteiger partial charge in [-0.1, -0.05) is 20.3 Å². The molecule has 1 aromatic rings. The van der Waals surface area contributed by atoms with Crippen molar-refractivity contribution in [1.29, 1.82) is 0 Å². The van der Waals surface area contributed by atoms with E-state index in [9.17, 15) is 4.79 Å². The summed E-state index contributed by atoms with van der Waals surface area (Å²) < 4.78 is 0. The van der Waals surface area contributed by atoms with Gasteiger partial charge in [0.2, 0.25) is 5.91 Å². The Bertz CT molecular complexity index is 416. The lowest BCUT2D eigenvalue weighted by atomic mass is 9.93. The summed E-state index contributed by atoms with van der Waals surface area (Å²) in [5.41, 5.74) is 7.28. The van der Waals surface area contributed by atoms with E-state index < -0.39 is 0 Å². The second-order valence-corrected chi connectivity index (χ2v) is 6.16. The molecule has 1 aliphatic rings. The van der Waals surface area contributed by atoms with Crippen LogP contribution in [0.25, 0.3) is 0 Å². The van der Waals surface area contributed by atoms with Crippen LogP contribution < -0.4 is 11.1 Å². The average Bonchev–Trinajstić information content (AvgIpc) is 2.86. The van der Waals surface area contributed by atoms with Gasteiger partial charge >= 0.3 is 0 Å². The normalized spacial score (nSPS) is 22.1. The zero-order valence-corrected chi connectivity index (χ0v) is 11.9. The lowest BCUT2D eigenvalue weighted by Gasteiger charge is -2.26. The molecule has 1 aromatic heterocycles. The number of thiophene rings is 1. The Morgan fingerprint density at radius 3 is 3.17 bits per heavy atom. The van der Waals surface area contributed by atoms with Crippen molar-refractivity contribution < 1.29 is 4.79 Å². The standard InChI is InChI=1S/C14H22N2OS/c1-3-9(2)13(15)14(17)16-11-5-4-6-12-10(11)7-8-18-12/h7-9,11,13H,3-6,15H2,1-2H3,(H,16,17)/t9?,11?,13-/m0/s1. The van der Waals surface area contributed by atoms with Gasteiger partial charge in [-0.3, -0.25) is 4.79 Å². The molecule has 3 atom stereocenters. The highest BCUT2D eigenvalue weighted by Crippen LogP contribution is 2.33. The minimum Gasteiger partial charge on any atom is -0.348 e.